The van der Waals surface area contributed by atoms with E-state index in [0.29, 0.717) is 0 Å². The molecule has 1 aliphatic rings. The van der Waals surface area contributed by atoms with Crippen LogP contribution in [0.3, 0.4) is 0 Å². The van der Waals surface area contributed by atoms with Gasteiger partial charge in [-0.2, -0.15) is 0 Å². The van der Waals surface area contributed by atoms with Gasteiger partial charge >= 0.3 is 6.09 Å². The van der Waals surface area contributed by atoms with Crippen LogP contribution in [-0.2, 0) is 9.84 Å². The predicted octanol–water partition coefficient (Wildman–Crippen LogP) is 5.09. The van der Waals surface area contributed by atoms with E-state index in [2.05, 4.69) is 14.4 Å². The lowest BCUT2D eigenvalue weighted by Gasteiger charge is -2.42. The minimum atomic E-state index is -3.29. The number of sulfone groups is 1. The second kappa shape index (κ2) is 8.62. The summed E-state index contributed by atoms with van der Waals surface area (Å²) in [5.74, 6) is 1.09. The number of imidazole rings is 1. The van der Waals surface area contributed by atoms with Crippen LogP contribution >= 0.6 is 0 Å². The zero-order valence-corrected chi connectivity index (χ0v) is 21.7. The van der Waals surface area contributed by atoms with Crippen LogP contribution in [0.1, 0.15) is 58.2 Å². The molecule has 1 aliphatic carbocycles. The Labute approximate surface area is 210 Å². The fourth-order valence-corrected chi connectivity index (χ4v) is 6.14. The molecule has 0 aliphatic heterocycles. The molecule has 0 saturated heterocycles. The molecular formula is C26H31N5O4S. The van der Waals surface area contributed by atoms with Crippen molar-refractivity contribution >= 4 is 32.6 Å². The van der Waals surface area contributed by atoms with E-state index in [0.717, 1.165) is 59.4 Å². The first-order valence-corrected chi connectivity index (χ1v) is 14.0. The number of hydrogen-bond donors (Lipinski definition) is 2. The third kappa shape index (κ3) is 4.23. The molecule has 4 aromatic rings. The van der Waals surface area contributed by atoms with Gasteiger partial charge in [-0.05, 0) is 64.7 Å². The molecule has 0 bridgehead atoms. The fraction of sp³-hybridized carbons (Fsp3) is 0.423. The number of aromatic nitrogens is 4. The molecule has 0 unspecified atom stereocenters. The van der Waals surface area contributed by atoms with Crippen molar-refractivity contribution in [1.29, 1.82) is 0 Å². The third-order valence-corrected chi connectivity index (χ3v) is 8.24. The van der Waals surface area contributed by atoms with E-state index >= 15 is 0 Å². The first-order chi connectivity index (χ1) is 16.9. The predicted molar refractivity (Wildman–Crippen MR) is 138 cm³/mol. The van der Waals surface area contributed by atoms with E-state index in [1.54, 1.807) is 35.4 Å². The smallest absolute Gasteiger partial charge is 0.407 e. The molecule has 190 valence electrons. The Morgan fingerprint density at radius 3 is 2.33 bits per heavy atom. The molecule has 0 radical (unpaired) electrons. The zero-order chi connectivity index (χ0) is 25.8. The van der Waals surface area contributed by atoms with E-state index in [-0.39, 0.29) is 16.9 Å². The van der Waals surface area contributed by atoms with Crippen molar-refractivity contribution in [3.8, 4) is 11.3 Å². The SMILES string of the molecule is CC(C)(C)N(C(=O)O)C1CCC(c2nc(-c3ccc(S(C)(=O)=O)cc3)c3cnc4[nH]ccc4n23)CC1. The second-order valence-electron chi connectivity index (χ2n) is 10.6. The maximum Gasteiger partial charge on any atom is 0.407 e. The van der Waals surface area contributed by atoms with E-state index in [1.807, 2.05) is 33.0 Å². The highest BCUT2D eigenvalue weighted by atomic mass is 32.2. The van der Waals surface area contributed by atoms with Gasteiger partial charge < -0.3 is 15.0 Å². The maximum atomic E-state index is 12.0. The molecule has 0 atom stereocenters. The summed E-state index contributed by atoms with van der Waals surface area (Å²) in [7, 11) is -3.29. The summed E-state index contributed by atoms with van der Waals surface area (Å²) < 4.78 is 26.0. The van der Waals surface area contributed by atoms with Gasteiger partial charge in [0.05, 0.1) is 27.8 Å². The maximum absolute atomic E-state index is 12.0. The summed E-state index contributed by atoms with van der Waals surface area (Å²) in [6.45, 7) is 5.81. The number of benzene rings is 1. The van der Waals surface area contributed by atoms with Crippen molar-refractivity contribution in [2.75, 3.05) is 6.26 Å². The van der Waals surface area contributed by atoms with Gasteiger partial charge in [0, 0.05) is 35.5 Å². The monoisotopic (exact) mass is 509 g/mol. The van der Waals surface area contributed by atoms with Gasteiger partial charge in [0.25, 0.3) is 0 Å². The van der Waals surface area contributed by atoms with Crippen molar-refractivity contribution in [1.82, 2.24) is 24.3 Å². The van der Waals surface area contributed by atoms with Crippen molar-refractivity contribution in [3.05, 3.63) is 48.5 Å². The van der Waals surface area contributed by atoms with Gasteiger partial charge in [-0.25, -0.2) is 23.2 Å². The summed E-state index contributed by atoms with van der Waals surface area (Å²) in [6, 6.07) is 8.74. The lowest BCUT2D eigenvalue weighted by atomic mass is 9.83. The lowest BCUT2D eigenvalue weighted by Crippen LogP contribution is -2.52. The van der Waals surface area contributed by atoms with Crippen molar-refractivity contribution in [3.63, 3.8) is 0 Å². The number of amides is 1. The van der Waals surface area contributed by atoms with Gasteiger partial charge in [0.15, 0.2) is 15.5 Å². The van der Waals surface area contributed by atoms with Gasteiger partial charge in [-0.15, -0.1) is 0 Å². The number of carboxylic acid groups (broad SMARTS) is 1. The third-order valence-electron chi connectivity index (χ3n) is 7.11. The first-order valence-electron chi connectivity index (χ1n) is 12.1. The van der Waals surface area contributed by atoms with Crippen molar-refractivity contribution in [2.45, 2.75) is 68.8 Å². The van der Waals surface area contributed by atoms with Gasteiger partial charge in [-0.1, -0.05) is 12.1 Å². The number of hydrogen-bond acceptors (Lipinski definition) is 5. The van der Waals surface area contributed by atoms with Crippen molar-refractivity contribution < 1.29 is 18.3 Å². The Morgan fingerprint density at radius 2 is 1.75 bits per heavy atom. The number of rotatable bonds is 4. The Bertz CT molecular complexity index is 1540. The van der Waals surface area contributed by atoms with Crippen LogP contribution in [0, 0.1) is 0 Å². The minimum Gasteiger partial charge on any atom is -0.465 e. The number of fused-ring (bicyclic) bond motifs is 3. The Kier molecular flexibility index (Phi) is 5.82. The molecule has 10 heteroatoms. The average molecular weight is 510 g/mol. The van der Waals surface area contributed by atoms with Crippen LogP contribution in [0.4, 0.5) is 4.79 Å². The minimum absolute atomic E-state index is 0.0260. The zero-order valence-electron chi connectivity index (χ0n) is 20.9. The lowest BCUT2D eigenvalue weighted by molar-refractivity contribution is 0.0543. The molecule has 1 fully saturated rings. The first kappa shape index (κ1) is 24.3. The van der Waals surface area contributed by atoms with Gasteiger partial charge in [0.1, 0.15) is 5.82 Å². The molecule has 1 saturated carbocycles. The van der Waals surface area contributed by atoms with Crippen LogP contribution in [0.2, 0.25) is 0 Å². The average Bonchev–Trinajstić information content (AvgIpc) is 3.42. The highest BCUT2D eigenvalue weighted by Crippen LogP contribution is 2.39. The molecule has 2 N–H and O–H groups in total. The number of H-pyrrole nitrogens is 1. The molecule has 5 rings (SSSR count). The van der Waals surface area contributed by atoms with E-state index in [4.69, 9.17) is 4.98 Å². The standard InChI is InChI=1S/C26H31N5O4S/c1-26(2,3)31(25(32)33)18-9-5-17(6-10-18)24-29-22(16-7-11-19(12-8-16)36(4,34)35)21-15-28-23-20(30(21)24)13-14-27-23/h7-8,11-15,17-18,27H,5-6,9-10H2,1-4H3,(H,32,33). The topological polar surface area (TPSA) is 121 Å². The van der Waals surface area contributed by atoms with Gasteiger partial charge in [-0.3, -0.25) is 4.40 Å². The molecule has 0 spiro atoms. The van der Waals surface area contributed by atoms with Crippen LogP contribution in [-0.4, -0.2) is 61.7 Å². The molecular weight excluding hydrogens is 478 g/mol. The summed E-state index contributed by atoms with van der Waals surface area (Å²) in [6.07, 6.45) is 7.15. The highest BCUT2D eigenvalue weighted by Gasteiger charge is 2.37. The summed E-state index contributed by atoms with van der Waals surface area (Å²) in [5, 5.41) is 9.84. The highest BCUT2D eigenvalue weighted by molar-refractivity contribution is 7.90. The number of nitrogens with zero attached hydrogens (tertiary/aromatic N) is 4. The van der Waals surface area contributed by atoms with Gasteiger partial charge in [0.2, 0.25) is 0 Å². The van der Waals surface area contributed by atoms with Crippen LogP contribution in [0.25, 0.3) is 27.9 Å². The molecule has 36 heavy (non-hydrogen) atoms. The van der Waals surface area contributed by atoms with E-state index in [1.165, 1.54) is 6.26 Å². The van der Waals surface area contributed by atoms with E-state index in [9.17, 15) is 18.3 Å². The number of carbonyl (C=O) groups is 1. The number of aromatic amines is 1. The fourth-order valence-electron chi connectivity index (χ4n) is 5.51. The van der Waals surface area contributed by atoms with E-state index < -0.39 is 21.5 Å². The normalized spacial score (nSPS) is 19.1. The quantitative estimate of drug-likeness (QED) is 0.395. The molecule has 1 amide bonds. The Morgan fingerprint density at radius 1 is 1.08 bits per heavy atom. The largest absolute Gasteiger partial charge is 0.465 e. The van der Waals surface area contributed by atoms with Crippen LogP contribution in [0.15, 0.2) is 47.6 Å². The number of nitrogens with one attached hydrogen (secondary N) is 1. The molecule has 3 heterocycles. The van der Waals surface area contributed by atoms with Crippen LogP contribution < -0.4 is 0 Å². The molecule has 3 aromatic heterocycles. The second-order valence-corrected chi connectivity index (χ2v) is 12.7. The molecule has 9 nitrogen and oxygen atoms in total. The van der Waals surface area contributed by atoms with Crippen LogP contribution in [0.5, 0.6) is 0 Å². The Hall–Kier alpha value is -3.40. The summed E-state index contributed by atoms with van der Waals surface area (Å²) in [4.78, 5) is 26.7. The van der Waals surface area contributed by atoms with Crippen molar-refractivity contribution in [2.24, 2.45) is 0 Å². The Balaban J connectivity index is 1.55. The summed E-state index contributed by atoms with van der Waals surface area (Å²) in [5.41, 5.74) is 3.66. The summed E-state index contributed by atoms with van der Waals surface area (Å²) >= 11 is 0. The molecule has 1 aromatic carbocycles.